The number of carbonyl (C=O) groups excluding carboxylic acids is 2. The zero-order valence-corrected chi connectivity index (χ0v) is 17.5. The predicted molar refractivity (Wildman–Crippen MR) is 127 cm³/mol. The number of hydrogen-bond acceptors (Lipinski definition) is 3. The summed E-state index contributed by atoms with van der Waals surface area (Å²) in [6.07, 6.45) is 4.39. The minimum Gasteiger partial charge on any atom is -0.326 e. The lowest BCUT2D eigenvalue weighted by atomic mass is 9.98. The van der Waals surface area contributed by atoms with Crippen LogP contribution in [0.5, 0.6) is 0 Å². The topological polar surface area (TPSA) is 71.1 Å². The van der Waals surface area contributed by atoms with E-state index in [2.05, 4.69) is 33.8 Å². The highest BCUT2D eigenvalue weighted by Crippen LogP contribution is 2.54. The number of aromatic nitrogens is 1. The Morgan fingerprint density at radius 2 is 1.41 bits per heavy atom. The number of anilines is 2. The fourth-order valence-electron chi connectivity index (χ4n) is 4.17. The van der Waals surface area contributed by atoms with Crippen molar-refractivity contribution >= 4 is 34.1 Å². The van der Waals surface area contributed by atoms with Crippen LogP contribution in [0.15, 0.2) is 91.1 Å². The molecule has 2 amide bonds. The van der Waals surface area contributed by atoms with Crippen LogP contribution in [0.2, 0.25) is 0 Å². The van der Waals surface area contributed by atoms with E-state index in [4.69, 9.17) is 0 Å². The van der Waals surface area contributed by atoms with Gasteiger partial charge in [0.25, 0.3) is 0 Å². The molecule has 158 valence electrons. The van der Waals surface area contributed by atoms with Crippen molar-refractivity contribution in [1.29, 1.82) is 0 Å². The predicted octanol–water partition coefficient (Wildman–Crippen LogP) is 5.09. The van der Waals surface area contributed by atoms with Gasteiger partial charge >= 0.3 is 0 Å². The van der Waals surface area contributed by atoms with Crippen LogP contribution in [-0.2, 0) is 21.4 Å². The third-order valence-corrected chi connectivity index (χ3v) is 6.03. The van der Waals surface area contributed by atoms with Gasteiger partial charge in [-0.15, -0.1) is 0 Å². The lowest BCUT2D eigenvalue weighted by Gasteiger charge is -2.01. The van der Waals surface area contributed by atoms with Gasteiger partial charge in [-0.25, -0.2) is 0 Å². The smallest absolute Gasteiger partial charge is 0.235 e. The molecule has 1 aliphatic carbocycles. The van der Waals surface area contributed by atoms with Gasteiger partial charge in [0, 0.05) is 23.0 Å². The zero-order chi connectivity index (χ0) is 22.0. The van der Waals surface area contributed by atoms with Crippen LogP contribution in [0, 0.1) is 0 Å². The van der Waals surface area contributed by atoms with Crippen molar-refractivity contribution in [2.45, 2.75) is 24.7 Å². The van der Waals surface area contributed by atoms with Gasteiger partial charge in [0.1, 0.15) is 0 Å². The molecule has 3 heterocycles. The lowest BCUT2D eigenvalue weighted by Crippen LogP contribution is -2.18. The molecule has 2 aliphatic heterocycles. The normalized spacial score (nSPS) is 16.0. The number of para-hydroxylation sites is 3. The number of carbonyl (C=O) groups is 2. The molecule has 0 saturated heterocycles. The number of rotatable bonds is 0. The van der Waals surface area contributed by atoms with E-state index in [9.17, 15) is 9.59 Å². The maximum Gasteiger partial charge on any atom is 0.235 e. The fourth-order valence-corrected chi connectivity index (χ4v) is 4.17. The third-order valence-electron chi connectivity index (χ3n) is 6.03. The summed E-state index contributed by atoms with van der Waals surface area (Å²) in [5, 5.41) is 6.87. The molecule has 3 aliphatic rings. The average Bonchev–Trinajstić information content (AvgIpc) is 3.48. The van der Waals surface area contributed by atoms with Crippen LogP contribution in [0.4, 0.5) is 11.4 Å². The van der Waals surface area contributed by atoms with E-state index >= 15 is 0 Å². The van der Waals surface area contributed by atoms with Crippen LogP contribution in [0.1, 0.15) is 24.0 Å². The van der Waals surface area contributed by atoms with Gasteiger partial charge in [-0.2, -0.15) is 0 Å². The molecule has 3 aromatic carbocycles. The quantitative estimate of drug-likeness (QED) is 0.416. The first-order valence-corrected chi connectivity index (χ1v) is 10.7. The molecule has 1 saturated carbocycles. The van der Waals surface area contributed by atoms with Crippen molar-refractivity contribution in [2.75, 3.05) is 10.6 Å². The summed E-state index contributed by atoms with van der Waals surface area (Å²) in [6.45, 7) is 0. The van der Waals surface area contributed by atoms with E-state index < -0.39 is 0 Å². The van der Waals surface area contributed by atoms with Gasteiger partial charge in [0.05, 0.1) is 17.4 Å². The third kappa shape index (κ3) is 3.85. The lowest BCUT2D eigenvalue weighted by molar-refractivity contribution is -0.118. The van der Waals surface area contributed by atoms with E-state index in [1.54, 1.807) is 0 Å². The summed E-state index contributed by atoms with van der Waals surface area (Å²) in [6, 6.07) is 27.8. The summed E-state index contributed by atoms with van der Waals surface area (Å²) >= 11 is 0. The second-order valence-electron chi connectivity index (χ2n) is 8.16. The first-order chi connectivity index (χ1) is 15.7. The zero-order valence-electron chi connectivity index (χ0n) is 17.5. The van der Waals surface area contributed by atoms with Gasteiger partial charge in [-0.3, -0.25) is 14.6 Å². The van der Waals surface area contributed by atoms with Crippen molar-refractivity contribution in [1.82, 2.24) is 4.98 Å². The summed E-state index contributed by atoms with van der Waals surface area (Å²) in [5.74, 6) is 0.296. The molecule has 1 spiro atoms. The largest absolute Gasteiger partial charge is 0.326 e. The Balaban J connectivity index is 0.000000102. The highest BCUT2D eigenvalue weighted by Gasteiger charge is 2.55. The second kappa shape index (κ2) is 8.27. The van der Waals surface area contributed by atoms with Crippen LogP contribution < -0.4 is 10.6 Å². The molecular weight excluding hydrogens is 398 g/mol. The standard InChI is InChI=1S/C10H9NO.C9H7N.C8H7NO/c12-9-10(5-6-10)7-3-1-2-4-8(7)11-9;1-2-6-9-8(4-1)5-3-7-10-9;10-8-5-6-3-1-2-4-7(6)9-8/h1-4H,5-6H2,(H,11,12);1-7H;1-4H,5H2,(H,9,10). The van der Waals surface area contributed by atoms with Gasteiger partial charge in [-0.05, 0) is 48.2 Å². The second-order valence-corrected chi connectivity index (χ2v) is 8.16. The molecule has 32 heavy (non-hydrogen) atoms. The minimum atomic E-state index is -0.114. The molecule has 4 aromatic rings. The first-order valence-electron chi connectivity index (χ1n) is 10.7. The Morgan fingerprint density at radius 3 is 2.19 bits per heavy atom. The minimum absolute atomic E-state index is 0.0983. The van der Waals surface area contributed by atoms with Crippen molar-refractivity contribution in [3.63, 3.8) is 0 Å². The number of amides is 2. The molecule has 5 heteroatoms. The molecule has 0 atom stereocenters. The molecule has 1 aromatic heterocycles. The van der Waals surface area contributed by atoms with E-state index in [-0.39, 0.29) is 17.2 Å². The maximum absolute atomic E-state index is 11.5. The van der Waals surface area contributed by atoms with E-state index in [1.165, 1.54) is 10.9 Å². The Labute approximate surface area is 186 Å². The Morgan fingerprint density at radius 1 is 0.719 bits per heavy atom. The fraction of sp³-hybridized carbons (Fsp3) is 0.148. The number of fused-ring (bicyclic) bond motifs is 4. The molecule has 5 nitrogen and oxygen atoms in total. The first kappa shape index (κ1) is 19.9. The maximum atomic E-state index is 11.5. The Hall–Kier alpha value is -3.99. The summed E-state index contributed by atoms with van der Waals surface area (Å²) in [4.78, 5) is 26.5. The van der Waals surface area contributed by atoms with Crippen molar-refractivity contribution in [3.8, 4) is 0 Å². The average molecular weight is 422 g/mol. The number of nitrogens with zero attached hydrogens (tertiary/aromatic N) is 1. The monoisotopic (exact) mass is 421 g/mol. The van der Waals surface area contributed by atoms with Gasteiger partial charge in [0.15, 0.2) is 0 Å². The van der Waals surface area contributed by atoms with Crippen LogP contribution in [0.25, 0.3) is 10.9 Å². The highest BCUT2D eigenvalue weighted by atomic mass is 16.2. The molecule has 1 fully saturated rings. The number of benzene rings is 3. The summed E-state index contributed by atoms with van der Waals surface area (Å²) in [7, 11) is 0. The Bertz CT molecular complexity index is 1220. The number of hydrogen-bond donors (Lipinski definition) is 2. The molecular formula is C27H23N3O2. The van der Waals surface area contributed by atoms with Crippen molar-refractivity contribution in [2.24, 2.45) is 0 Å². The molecule has 7 rings (SSSR count). The van der Waals surface area contributed by atoms with Crippen molar-refractivity contribution < 1.29 is 9.59 Å². The molecule has 0 radical (unpaired) electrons. The van der Waals surface area contributed by atoms with E-state index in [0.29, 0.717) is 6.42 Å². The van der Waals surface area contributed by atoms with Gasteiger partial charge < -0.3 is 10.6 Å². The summed E-state index contributed by atoms with van der Waals surface area (Å²) in [5.41, 5.74) is 5.23. The SMILES string of the molecule is O=C1Cc2ccccc2N1.O=C1Nc2ccccc2C12CC2.c1ccc2ncccc2c1. The highest BCUT2D eigenvalue weighted by molar-refractivity contribution is 6.08. The number of nitrogens with one attached hydrogen (secondary N) is 2. The van der Waals surface area contributed by atoms with E-state index in [1.807, 2.05) is 72.9 Å². The molecule has 0 bridgehead atoms. The van der Waals surface area contributed by atoms with Gasteiger partial charge in [-0.1, -0.05) is 60.7 Å². The molecule has 0 unspecified atom stereocenters. The van der Waals surface area contributed by atoms with Crippen LogP contribution in [-0.4, -0.2) is 16.8 Å². The molecule has 2 N–H and O–H groups in total. The van der Waals surface area contributed by atoms with Gasteiger partial charge in [0.2, 0.25) is 11.8 Å². The van der Waals surface area contributed by atoms with Crippen LogP contribution in [0.3, 0.4) is 0 Å². The summed E-state index contributed by atoms with van der Waals surface area (Å²) < 4.78 is 0. The Kier molecular flexibility index (Phi) is 5.15. The van der Waals surface area contributed by atoms with Crippen molar-refractivity contribution in [3.05, 3.63) is 102 Å². The van der Waals surface area contributed by atoms with E-state index in [0.717, 1.165) is 35.3 Å². The van der Waals surface area contributed by atoms with Crippen LogP contribution >= 0.6 is 0 Å². The number of pyridine rings is 1.